The van der Waals surface area contributed by atoms with Gasteiger partial charge in [-0.2, -0.15) is 0 Å². The van der Waals surface area contributed by atoms with Gasteiger partial charge >= 0.3 is 11.9 Å². The number of hydroxylamine groups is 2. The first-order valence-electron chi connectivity index (χ1n) is 11.0. The number of amides is 1. The SMILES string of the molecule is O=C(O)CC[C@H](NC(=S)CN(O)C(=O)CCCc1ccc(-n2cc(CCCF)nn2)cc1)C(=O)O. The maximum absolute atomic E-state index is 12.3. The number of halogens is 1. The highest BCUT2D eigenvalue weighted by Gasteiger charge is 2.21. The number of nitrogens with one attached hydrogen (secondary N) is 1. The molecular weight excluding hydrogens is 481 g/mol. The molecule has 35 heavy (non-hydrogen) atoms. The van der Waals surface area contributed by atoms with Crippen LogP contribution in [0.5, 0.6) is 0 Å². The number of hydrogen-bond acceptors (Lipinski definition) is 7. The molecule has 1 heterocycles. The Balaban J connectivity index is 1.76. The summed E-state index contributed by atoms with van der Waals surface area (Å²) in [6.45, 7) is -0.799. The van der Waals surface area contributed by atoms with Gasteiger partial charge in [0, 0.05) is 12.8 Å². The predicted molar refractivity (Wildman–Crippen MR) is 126 cm³/mol. The van der Waals surface area contributed by atoms with Crippen LogP contribution in [0.15, 0.2) is 30.5 Å². The van der Waals surface area contributed by atoms with E-state index in [1.54, 1.807) is 10.9 Å². The number of aromatic nitrogens is 3. The zero-order valence-electron chi connectivity index (χ0n) is 19.0. The van der Waals surface area contributed by atoms with Crippen molar-refractivity contribution in [2.75, 3.05) is 13.2 Å². The Morgan fingerprint density at radius 2 is 1.83 bits per heavy atom. The number of carboxylic acids is 2. The Hall–Kier alpha value is -3.45. The molecule has 0 unspecified atom stereocenters. The van der Waals surface area contributed by atoms with Crippen LogP contribution in [0, 0.1) is 0 Å². The zero-order valence-corrected chi connectivity index (χ0v) is 19.8. The van der Waals surface area contributed by atoms with Gasteiger partial charge in [-0.15, -0.1) is 5.10 Å². The quantitative estimate of drug-likeness (QED) is 0.159. The number of thiocarbonyl (C=S) groups is 1. The van der Waals surface area contributed by atoms with E-state index in [0.717, 1.165) is 11.3 Å². The standard InChI is InChI=1S/C22H28FN5O6S/c23-12-2-4-16-13-27(26-25-16)17-8-6-15(7-9-17)3-1-5-20(29)28(34)14-19(35)24-18(22(32)33)10-11-21(30)31/h6-9,13,18,34H,1-5,10-12,14H2,(H,24,35)(H,30,31)(H,32,33)/t18-/m0/s1. The Morgan fingerprint density at radius 3 is 2.46 bits per heavy atom. The van der Waals surface area contributed by atoms with Crippen LogP contribution in [0.1, 0.15) is 43.4 Å². The first kappa shape index (κ1) is 27.8. The molecule has 2 rings (SSSR count). The van der Waals surface area contributed by atoms with Crippen molar-refractivity contribution in [1.29, 1.82) is 0 Å². The number of carbonyl (C=O) groups is 3. The summed E-state index contributed by atoms with van der Waals surface area (Å²) in [7, 11) is 0. The van der Waals surface area contributed by atoms with Crippen molar-refractivity contribution in [2.45, 2.75) is 51.0 Å². The Kier molecular flexibility index (Phi) is 11.2. The molecule has 0 fully saturated rings. The maximum atomic E-state index is 12.3. The van der Waals surface area contributed by atoms with E-state index in [4.69, 9.17) is 22.4 Å². The summed E-state index contributed by atoms with van der Waals surface area (Å²) in [6.07, 6.45) is 3.21. The average molecular weight is 510 g/mol. The lowest BCUT2D eigenvalue weighted by Crippen LogP contribution is -2.45. The van der Waals surface area contributed by atoms with Crippen LogP contribution >= 0.6 is 12.2 Å². The first-order chi connectivity index (χ1) is 16.7. The van der Waals surface area contributed by atoms with Gasteiger partial charge in [0.25, 0.3) is 0 Å². The predicted octanol–water partition coefficient (Wildman–Crippen LogP) is 1.94. The molecule has 0 aliphatic rings. The third kappa shape index (κ3) is 9.74. The molecule has 0 radical (unpaired) electrons. The van der Waals surface area contributed by atoms with Crippen molar-refractivity contribution < 1.29 is 34.2 Å². The second-order valence-electron chi connectivity index (χ2n) is 7.81. The fraction of sp³-hybridized carbons (Fsp3) is 0.455. The van der Waals surface area contributed by atoms with Gasteiger partial charge in [0.2, 0.25) is 5.91 Å². The van der Waals surface area contributed by atoms with Crippen molar-refractivity contribution in [3.63, 3.8) is 0 Å². The van der Waals surface area contributed by atoms with Gasteiger partial charge < -0.3 is 15.5 Å². The van der Waals surface area contributed by atoms with Crippen molar-refractivity contribution in [3.8, 4) is 5.69 Å². The average Bonchev–Trinajstić information content (AvgIpc) is 3.29. The summed E-state index contributed by atoms with van der Waals surface area (Å²) < 4.78 is 13.9. The first-order valence-corrected chi connectivity index (χ1v) is 11.4. The molecule has 190 valence electrons. The maximum Gasteiger partial charge on any atom is 0.326 e. The summed E-state index contributed by atoms with van der Waals surface area (Å²) >= 11 is 4.98. The second-order valence-corrected chi connectivity index (χ2v) is 8.30. The number of hydrogen-bond donors (Lipinski definition) is 4. The Bertz CT molecular complexity index is 1020. The lowest BCUT2D eigenvalue weighted by atomic mass is 10.1. The topological polar surface area (TPSA) is 158 Å². The Morgan fingerprint density at radius 1 is 1.11 bits per heavy atom. The van der Waals surface area contributed by atoms with Crippen molar-refractivity contribution in [1.82, 2.24) is 25.4 Å². The van der Waals surface area contributed by atoms with E-state index >= 15 is 0 Å². The molecule has 0 saturated heterocycles. The van der Waals surface area contributed by atoms with Crippen LogP contribution in [-0.2, 0) is 27.2 Å². The van der Waals surface area contributed by atoms with E-state index in [0.29, 0.717) is 36.4 Å². The van der Waals surface area contributed by atoms with E-state index in [1.807, 2.05) is 24.3 Å². The van der Waals surface area contributed by atoms with Gasteiger partial charge in [0.05, 0.1) is 35.8 Å². The smallest absolute Gasteiger partial charge is 0.326 e. The number of alkyl halides is 1. The molecule has 1 amide bonds. The number of benzene rings is 1. The monoisotopic (exact) mass is 509 g/mol. The second kappa shape index (κ2) is 14.1. The van der Waals surface area contributed by atoms with Crippen LogP contribution in [0.2, 0.25) is 0 Å². The number of nitrogens with zero attached hydrogens (tertiary/aromatic N) is 4. The minimum Gasteiger partial charge on any atom is -0.481 e. The molecule has 0 aliphatic carbocycles. The van der Waals surface area contributed by atoms with E-state index in [-0.39, 0.29) is 24.3 Å². The molecule has 2 aromatic rings. The lowest BCUT2D eigenvalue weighted by molar-refractivity contribution is -0.162. The minimum atomic E-state index is -1.28. The van der Waals surface area contributed by atoms with Gasteiger partial charge in [0.15, 0.2) is 0 Å². The van der Waals surface area contributed by atoms with E-state index < -0.39 is 37.1 Å². The number of aliphatic carboxylic acids is 2. The van der Waals surface area contributed by atoms with Gasteiger partial charge in [-0.25, -0.2) is 14.5 Å². The molecule has 0 bridgehead atoms. The molecule has 13 heteroatoms. The summed E-state index contributed by atoms with van der Waals surface area (Å²) in [5, 5.41) is 38.7. The lowest BCUT2D eigenvalue weighted by Gasteiger charge is -2.19. The molecule has 0 aliphatic heterocycles. The molecule has 4 N–H and O–H groups in total. The van der Waals surface area contributed by atoms with Crippen LogP contribution in [0.4, 0.5) is 4.39 Å². The zero-order chi connectivity index (χ0) is 25.8. The summed E-state index contributed by atoms with van der Waals surface area (Å²) in [5.41, 5.74) is 2.49. The number of carboxylic acid groups (broad SMARTS) is 2. The molecule has 11 nitrogen and oxygen atoms in total. The summed E-state index contributed by atoms with van der Waals surface area (Å²) in [6, 6.07) is 6.26. The highest BCUT2D eigenvalue weighted by molar-refractivity contribution is 7.80. The highest BCUT2D eigenvalue weighted by Crippen LogP contribution is 2.12. The van der Waals surface area contributed by atoms with Crippen molar-refractivity contribution in [2.24, 2.45) is 0 Å². The fourth-order valence-electron chi connectivity index (χ4n) is 3.16. The van der Waals surface area contributed by atoms with Crippen LogP contribution in [0.3, 0.4) is 0 Å². The van der Waals surface area contributed by atoms with E-state index in [9.17, 15) is 24.0 Å². The van der Waals surface area contributed by atoms with Crippen molar-refractivity contribution >= 4 is 35.1 Å². The number of carbonyl (C=O) groups excluding carboxylic acids is 1. The van der Waals surface area contributed by atoms with Gasteiger partial charge in [-0.3, -0.25) is 19.2 Å². The molecule has 1 atom stereocenters. The van der Waals surface area contributed by atoms with Gasteiger partial charge in [-0.1, -0.05) is 29.6 Å². The third-order valence-electron chi connectivity index (χ3n) is 5.03. The van der Waals surface area contributed by atoms with Crippen molar-refractivity contribution in [3.05, 3.63) is 41.7 Å². The number of aryl methyl sites for hydroxylation is 2. The highest BCUT2D eigenvalue weighted by atomic mass is 32.1. The third-order valence-corrected chi connectivity index (χ3v) is 5.27. The molecule has 0 spiro atoms. The van der Waals surface area contributed by atoms with E-state index in [1.165, 1.54) is 0 Å². The summed E-state index contributed by atoms with van der Waals surface area (Å²) in [4.78, 5) is 33.9. The van der Waals surface area contributed by atoms with Crippen LogP contribution in [0.25, 0.3) is 5.69 Å². The summed E-state index contributed by atoms with van der Waals surface area (Å²) in [5.74, 6) is -3.00. The van der Waals surface area contributed by atoms with Gasteiger partial charge in [0.1, 0.15) is 6.04 Å². The molecule has 1 aromatic heterocycles. The van der Waals surface area contributed by atoms with Crippen LogP contribution in [-0.4, -0.2) is 77.6 Å². The number of rotatable bonds is 15. The fourth-order valence-corrected chi connectivity index (χ4v) is 3.43. The normalized spacial score (nSPS) is 11.6. The minimum absolute atomic E-state index is 0.0449. The molecular formula is C22H28FN5O6S. The van der Waals surface area contributed by atoms with E-state index in [2.05, 4.69) is 15.6 Å². The molecule has 1 aromatic carbocycles. The Labute approximate surface area is 206 Å². The van der Waals surface area contributed by atoms with Crippen LogP contribution < -0.4 is 5.32 Å². The molecule has 0 saturated carbocycles. The van der Waals surface area contributed by atoms with Gasteiger partial charge in [-0.05, 0) is 49.8 Å². The largest absolute Gasteiger partial charge is 0.481 e.